The van der Waals surface area contributed by atoms with Crippen LogP contribution in [0.1, 0.15) is 63.9 Å². The largest absolute Gasteiger partial charge is 0.393 e. The Hall–Kier alpha value is -1.12. The van der Waals surface area contributed by atoms with Gasteiger partial charge in [-0.2, -0.15) is 0 Å². The van der Waals surface area contributed by atoms with Gasteiger partial charge in [0.1, 0.15) is 0 Å². The number of hydrogen-bond donors (Lipinski definition) is 2. The van der Waals surface area contributed by atoms with Gasteiger partial charge in [0.15, 0.2) is 0 Å². The molecule has 1 aromatic rings. The van der Waals surface area contributed by atoms with Gasteiger partial charge in [-0.3, -0.25) is 0 Å². The molecule has 4 aliphatic rings. The van der Waals surface area contributed by atoms with Crippen LogP contribution in [0.25, 0.3) is 6.08 Å². The second-order valence-electron chi connectivity index (χ2n) is 10.3. The highest BCUT2D eigenvalue weighted by Crippen LogP contribution is 2.63. The van der Waals surface area contributed by atoms with E-state index in [4.69, 9.17) is 0 Å². The van der Waals surface area contributed by atoms with Crippen LogP contribution in [0.5, 0.6) is 0 Å². The van der Waals surface area contributed by atoms with Crippen molar-refractivity contribution in [3.05, 3.63) is 41.5 Å². The Morgan fingerprint density at radius 3 is 2.56 bits per heavy atom. The van der Waals surface area contributed by atoms with Crippen molar-refractivity contribution in [2.75, 3.05) is 0 Å². The number of fused-ring (bicyclic) bond motifs is 4. The first kappa shape index (κ1) is 17.9. The first-order chi connectivity index (χ1) is 13.0. The fraction of sp³-hybridized carbons (Fsp3) is 0.680. The molecule has 0 unspecified atom stereocenters. The van der Waals surface area contributed by atoms with Crippen LogP contribution in [0.15, 0.2) is 35.9 Å². The maximum atomic E-state index is 11.3. The minimum atomic E-state index is -0.283. The molecule has 0 radical (unpaired) electrons. The average Bonchev–Trinajstić information content (AvgIpc) is 2.93. The summed E-state index contributed by atoms with van der Waals surface area (Å²) in [4.78, 5) is 0. The molecule has 146 valence electrons. The van der Waals surface area contributed by atoms with Gasteiger partial charge in [-0.15, -0.1) is 0 Å². The van der Waals surface area contributed by atoms with Gasteiger partial charge in [-0.05, 0) is 92.1 Å². The molecule has 4 fully saturated rings. The summed E-state index contributed by atoms with van der Waals surface area (Å²) in [6.07, 6.45) is 11.4. The summed E-state index contributed by atoms with van der Waals surface area (Å²) in [5.74, 6) is 3.80. The first-order valence-electron chi connectivity index (χ1n) is 11.2. The second-order valence-corrected chi connectivity index (χ2v) is 10.3. The number of aliphatic hydroxyl groups is 2. The summed E-state index contributed by atoms with van der Waals surface area (Å²) in [6, 6.07) is 10.5. The van der Waals surface area contributed by atoms with Crippen LogP contribution < -0.4 is 0 Å². The van der Waals surface area contributed by atoms with Gasteiger partial charge < -0.3 is 10.2 Å². The average molecular weight is 367 g/mol. The van der Waals surface area contributed by atoms with Crippen molar-refractivity contribution in [2.24, 2.45) is 35.0 Å². The van der Waals surface area contributed by atoms with E-state index < -0.39 is 0 Å². The fourth-order valence-electron chi connectivity index (χ4n) is 7.42. The molecule has 2 nitrogen and oxygen atoms in total. The molecule has 0 saturated heterocycles. The molecule has 5 rings (SSSR count). The monoisotopic (exact) mass is 366 g/mol. The van der Waals surface area contributed by atoms with E-state index in [9.17, 15) is 10.2 Å². The fourth-order valence-corrected chi connectivity index (χ4v) is 7.42. The maximum Gasteiger partial charge on any atom is 0.0809 e. The van der Waals surface area contributed by atoms with Gasteiger partial charge in [0.2, 0.25) is 0 Å². The Balaban J connectivity index is 1.40. The Bertz CT molecular complexity index is 710. The van der Waals surface area contributed by atoms with Crippen molar-refractivity contribution < 1.29 is 10.2 Å². The lowest BCUT2D eigenvalue weighted by atomic mass is 9.52. The zero-order valence-electron chi connectivity index (χ0n) is 16.6. The molecule has 0 aliphatic heterocycles. The Kier molecular flexibility index (Phi) is 4.48. The van der Waals surface area contributed by atoms with Crippen LogP contribution in [-0.2, 0) is 0 Å². The molecule has 8 atom stereocenters. The van der Waals surface area contributed by atoms with E-state index in [0.717, 1.165) is 49.4 Å². The highest BCUT2D eigenvalue weighted by atomic mass is 16.3. The lowest BCUT2D eigenvalue weighted by molar-refractivity contribution is -0.0766. The van der Waals surface area contributed by atoms with Gasteiger partial charge in [0.05, 0.1) is 12.2 Å². The Morgan fingerprint density at radius 1 is 0.926 bits per heavy atom. The standard InChI is InChI=1S/C25H34O2/c1-25-10-9-18-12-19-13-21(26)8-7-17(19)14-22(18)23(25)15-20(24(25)27)11-16-5-3-2-4-6-16/h2-6,11,17-19,21-24,26-27H,7-10,12-15H2,1H3/b20-11+/t17-,18+,19+,21-,22+,23-,24-,25-/m1/s1. The summed E-state index contributed by atoms with van der Waals surface area (Å²) >= 11 is 0. The molecule has 4 saturated carbocycles. The lowest BCUT2D eigenvalue weighted by Crippen LogP contribution is -2.48. The second kappa shape index (κ2) is 6.74. The quantitative estimate of drug-likeness (QED) is 0.730. The van der Waals surface area contributed by atoms with Crippen LogP contribution in [0.2, 0.25) is 0 Å². The number of aliphatic hydroxyl groups excluding tert-OH is 2. The third-order valence-corrected chi connectivity index (χ3v) is 8.90. The molecule has 0 amide bonds. The molecular weight excluding hydrogens is 332 g/mol. The highest BCUT2D eigenvalue weighted by molar-refractivity contribution is 5.55. The molecule has 0 aromatic heterocycles. The van der Waals surface area contributed by atoms with Crippen LogP contribution >= 0.6 is 0 Å². The van der Waals surface area contributed by atoms with Crippen LogP contribution in [0.3, 0.4) is 0 Å². The molecular formula is C25H34O2. The van der Waals surface area contributed by atoms with E-state index in [1.807, 2.05) is 0 Å². The van der Waals surface area contributed by atoms with E-state index in [0.29, 0.717) is 5.92 Å². The Labute approximate surface area is 163 Å². The molecule has 1 aromatic carbocycles. The van der Waals surface area contributed by atoms with Gasteiger partial charge >= 0.3 is 0 Å². The third kappa shape index (κ3) is 3.00. The number of hydrogen-bond acceptors (Lipinski definition) is 2. The van der Waals surface area contributed by atoms with E-state index in [-0.39, 0.29) is 17.6 Å². The van der Waals surface area contributed by atoms with Gasteiger partial charge in [0.25, 0.3) is 0 Å². The summed E-state index contributed by atoms with van der Waals surface area (Å²) in [5, 5.41) is 21.4. The third-order valence-electron chi connectivity index (χ3n) is 8.90. The molecule has 4 aliphatic carbocycles. The van der Waals surface area contributed by atoms with E-state index in [1.54, 1.807) is 0 Å². The summed E-state index contributed by atoms with van der Waals surface area (Å²) in [5.41, 5.74) is 2.54. The normalized spacial score (nSPS) is 48.0. The van der Waals surface area contributed by atoms with E-state index >= 15 is 0 Å². The topological polar surface area (TPSA) is 40.5 Å². The first-order valence-corrected chi connectivity index (χ1v) is 11.2. The van der Waals surface area contributed by atoms with Crippen LogP contribution in [-0.4, -0.2) is 22.4 Å². The van der Waals surface area contributed by atoms with E-state index in [1.165, 1.54) is 36.8 Å². The summed E-state index contributed by atoms with van der Waals surface area (Å²) in [7, 11) is 0. The van der Waals surface area contributed by atoms with Crippen molar-refractivity contribution in [1.82, 2.24) is 0 Å². The van der Waals surface area contributed by atoms with Crippen molar-refractivity contribution in [2.45, 2.75) is 70.5 Å². The van der Waals surface area contributed by atoms with Crippen LogP contribution in [0, 0.1) is 35.0 Å². The van der Waals surface area contributed by atoms with Crippen molar-refractivity contribution >= 4 is 6.08 Å². The van der Waals surface area contributed by atoms with Crippen LogP contribution in [0.4, 0.5) is 0 Å². The summed E-state index contributed by atoms with van der Waals surface area (Å²) < 4.78 is 0. The molecule has 27 heavy (non-hydrogen) atoms. The smallest absolute Gasteiger partial charge is 0.0809 e. The molecule has 0 spiro atoms. The highest BCUT2D eigenvalue weighted by Gasteiger charge is 2.57. The van der Waals surface area contributed by atoms with E-state index in [2.05, 4.69) is 43.3 Å². The van der Waals surface area contributed by atoms with Crippen molar-refractivity contribution in [3.63, 3.8) is 0 Å². The predicted octanol–water partition coefficient (Wildman–Crippen LogP) is 5.05. The Morgan fingerprint density at radius 2 is 1.74 bits per heavy atom. The van der Waals surface area contributed by atoms with Crippen molar-refractivity contribution in [3.8, 4) is 0 Å². The van der Waals surface area contributed by atoms with Crippen molar-refractivity contribution in [1.29, 1.82) is 0 Å². The summed E-state index contributed by atoms with van der Waals surface area (Å²) in [6.45, 7) is 2.36. The van der Waals surface area contributed by atoms with Gasteiger partial charge in [-0.25, -0.2) is 0 Å². The minimum Gasteiger partial charge on any atom is -0.393 e. The zero-order chi connectivity index (χ0) is 18.6. The number of rotatable bonds is 1. The molecule has 2 heteroatoms. The maximum absolute atomic E-state index is 11.3. The SMILES string of the molecule is C[C@@]12CC[C@H]3C[C@H]4C[C@H](O)CC[C@@H]4C[C@@H]3[C@H]1C/C(=C\c1ccccc1)[C@H]2O. The predicted molar refractivity (Wildman–Crippen MR) is 109 cm³/mol. The lowest BCUT2D eigenvalue weighted by Gasteiger charge is -2.54. The van der Waals surface area contributed by atoms with Gasteiger partial charge in [0, 0.05) is 5.41 Å². The van der Waals surface area contributed by atoms with Gasteiger partial charge in [-0.1, -0.05) is 43.3 Å². The molecule has 0 bridgehead atoms. The molecule has 0 heterocycles. The zero-order valence-corrected chi connectivity index (χ0v) is 16.6. The molecule has 2 N–H and O–H groups in total. The number of benzene rings is 1. The minimum absolute atomic E-state index is 0.0506.